The number of hydrogen-bond donors (Lipinski definition) is 2. The van der Waals surface area contributed by atoms with Gasteiger partial charge in [0.15, 0.2) is 0 Å². The Bertz CT molecular complexity index is 493. The van der Waals surface area contributed by atoms with Crippen LogP contribution in [0.2, 0.25) is 0 Å². The van der Waals surface area contributed by atoms with Crippen LogP contribution in [0.1, 0.15) is 21.8 Å². The molecule has 2 aromatic heterocycles. The van der Waals surface area contributed by atoms with Gasteiger partial charge in [-0.25, -0.2) is 9.78 Å². The molecule has 0 aliphatic heterocycles. The molecule has 2 rings (SSSR count). The van der Waals surface area contributed by atoms with Crippen molar-refractivity contribution in [1.29, 1.82) is 0 Å². The molecule has 2 aromatic rings. The van der Waals surface area contributed by atoms with Crippen molar-refractivity contribution in [2.75, 3.05) is 0 Å². The molecular weight excluding hydrogens is 198 g/mol. The molecule has 15 heavy (non-hydrogen) atoms. The van der Waals surface area contributed by atoms with Crippen LogP contribution in [0.25, 0.3) is 11.6 Å². The van der Waals surface area contributed by atoms with E-state index in [-0.39, 0.29) is 11.5 Å². The van der Waals surface area contributed by atoms with Gasteiger partial charge in [-0.05, 0) is 13.8 Å². The molecule has 0 aliphatic rings. The number of rotatable bonds is 2. The van der Waals surface area contributed by atoms with Crippen molar-refractivity contribution in [1.82, 2.24) is 15.2 Å². The second kappa shape index (κ2) is 3.23. The number of hydrogen-bond acceptors (Lipinski definition) is 4. The average Bonchev–Trinajstić information content (AvgIpc) is 2.73. The van der Waals surface area contributed by atoms with Gasteiger partial charge in [-0.15, -0.1) is 0 Å². The third-order valence-electron chi connectivity index (χ3n) is 2.11. The molecular formula is C9H9N3O3. The minimum absolute atomic E-state index is 0.0521. The molecule has 0 spiro atoms. The van der Waals surface area contributed by atoms with Crippen LogP contribution in [0.3, 0.4) is 0 Å². The van der Waals surface area contributed by atoms with Gasteiger partial charge >= 0.3 is 5.97 Å². The smallest absolute Gasteiger partial charge is 0.339 e. The summed E-state index contributed by atoms with van der Waals surface area (Å²) in [6, 6.07) is 0. The number of H-pyrrole nitrogens is 1. The summed E-state index contributed by atoms with van der Waals surface area (Å²) >= 11 is 0. The Morgan fingerprint density at radius 2 is 2.27 bits per heavy atom. The first kappa shape index (κ1) is 9.45. The van der Waals surface area contributed by atoms with Crippen LogP contribution in [-0.4, -0.2) is 26.3 Å². The number of carboxylic acid groups (broad SMARTS) is 1. The number of nitrogens with one attached hydrogen (secondary N) is 1. The van der Waals surface area contributed by atoms with E-state index in [9.17, 15) is 4.79 Å². The van der Waals surface area contributed by atoms with E-state index in [4.69, 9.17) is 9.52 Å². The maximum Gasteiger partial charge on any atom is 0.339 e. The molecule has 0 saturated carbocycles. The third-order valence-corrected chi connectivity index (χ3v) is 2.11. The zero-order chi connectivity index (χ0) is 11.0. The van der Waals surface area contributed by atoms with Gasteiger partial charge in [-0.2, -0.15) is 5.10 Å². The summed E-state index contributed by atoms with van der Waals surface area (Å²) in [6.07, 6.45) is 1.23. The monoisotopic (exact) mass is 207 g/mol. The Hall–Kier alpha value is -2.11. The van der Waals surface area contributed by atoms with Crippen molar-refractivity contribution in [3.63, 3.8) is 0 Å². The van der Waals surface area contributed by atoms with Gasteiger partial charge in [0.1, 0.15) is 17.0 Å². The highest BCUT2D eigenvalue weighted by Gasteiger charge is 2.18. The van der Waals surface area contributed by atoms with E-state index >= 15 is 0 Å². The molecule has 0 radical (unpaired) electrons. The summed E-state index contributed by atoms with van der Waals surface area (Å²) in [5, 5.41) is 15.1. The topological polar surface area (TPSA) is 92.0 Å². The fraction of sp³-hybridized carbons (Fsp3) is 0.222. The van der Waals surface area contributed by atoms with Crippen molar-refractivity contribution >= 4 is 5.97 Å². The average molecular weight is 207 g/mol. The molecule has 0 unspecified atom stereocenters. The Morgan fingerprint density at radius 1 is 1.53 bits per heavy atom. The standard InChI is InChI=1S/C9H9N3O3/c1-4-5(2)15-8(11-4)7-6(9(13)14)3-10-12-7/h3H,1-2H3,(H,10,12)(H,13,14). The predicted octanol–water partition coefficient (Wildman–Crippen LogP) is 1.38. The highest BCUT2D eigenvalue weighted by Crippen LogP contribution is 2.22. The fourth-order valence-electron chi connectivity index (χ4n) is 1.19. The SMILES string of the molecule is Cc1nc(-c2[nH]ncc2C(=O)O)oc1C. The van der Waals surface area contributed by atoms with E-state index in [1.807, 2.05) is 0 Å². The summed E-state index contributed by atoms with van der Waals surface area (Å²) in [5.74, 6) is -0.150. The van der Waals surface area contributed by atoms with Crippen molar-refractivity contribution in [2.24, 2.45) is 0 Å². The summed E-state index contributed by atoms with van der Waals surface area (Å²) in [4.78, 5) is 14.9. The van der Waals surface area contributed by atoms with Crippen molar-refractivity contribution in [3.8, 4) is 11.6 Å². The van der Waals surface area contributed by atoms with Crippen LogP contribution in [0.5, 0.6) is 0 Å². The van der Waals surface area contributed by atoms with Gasteiger partial charge < -0.3 is 9.52 Å². The molecule has 78 valence electrons. The van der Waals surface area contributed by atoms with Crippen LogP contribution in [0.15, 0.2) is 10.6 Å². The number of oxazole rings is 1. The Labute approximate surface area is 85.0 Å². The van der Waals surface area contributed by atoms with E-state index < -0.39 is 5.97 Å². The van der Waals surface area contributed by atoms with Crippen LogP contribution in [0.4, 0.5) is 0 Å². The minimum Gasteiger partial charge on any atom is -0.478 e. The highest BCUT2D eigenvalue weighted by atomic mass is 16.4. The number of aromatic nitrogens is 3. The second-order valence-electron chi connectivity index (χ2n) is 3.12. The van der Waals surface area contributed by atoms with E-state index in [0.717, 1.165) is 5.69 Å². The molecule has 0 amide bonds. The Balaban J connectivity index is 2.54. The first-order valence-electron chi connectivity index (χ1n) is 4.30. The van der Waals surface area contributed by atoms with Gasteiger partial charge in [-0.1, -0.05) is 0 Å². The number of aromatic carboxylic acids is 1. The van der Waals surface area contributed by atoms with Crippen LogP contribution in [0, 0.1) is 13.8 Å². The van der Waals surface area contributed by atoms with Gasteiger partial charge in [0.2, 0.25) is 5.89 Å². The van der Waals surface area contributed by atoms with Crippen LogP contribution < -0.4 is 0 Å². The molecule has 0 fully saturated rings. The molecule has 2 N–H and O–H groups in total. The lowest BCUT2D eigenvalue weighted by Gasteiger charge is -1.92. The molecule has 0 saturated heterocycles. The quantitative estimate of drug-likeness (QED) is 0.776. The van der Waals surface area contributed by atoms with Crippen LogP contribution in [-0.2, 0) is 0 Å². The fourth-order valence-corrected chi connectivity index (χ4v) is 1.19. The first-order valence-corrected chi connectivity index (χ1v) is 4.30. The van der Waals surface area contributed by atoms with Gasteiger partial charge in [0, 0.05) is 0 Å². The molecule has 6 nitrogen and oxygen atoms in total. The van der Waals surface area contributed by atoms with Crippen LogP contribution >= 0.6 is 0 Å². The lowest BCUT2D eigenvalue weighted by molar-refractivity contribution is 0.0697. The second-order valence-corrected chi connectivity index (χ2v) is 3.12. The molecule has 0 aliphatic carbocycles. The van der Waals surface area contributed by atoms with E-state index in [1.54, 1.807) is 13.8 Å². The summed E-state index contributed by atoms with van der Waals surface area (Å²) < 4.78 is 5.30. The number of aryl methyl sites for hydroxylation is 2. The summed E-state index contributed by atoms with van der Waals surface area (Å²) in [5.41, 5.74) is 1.07. The predicted molar refractivity (Wildman–Crippen MR) is 50.5 cm³/mol. The van der Waals surface area contributed by atoms with Gasteiger partial charge in [0.05, 0.1) is 11.9 Å². The lowest BCUT2D eigenvalue weighted by atomic mass is 10.2. The zero-order valence-electron chi connectivity index (χ0n) is 8.24. The molecule has 0 atom stereocenters. The van der Waals surface area contributed by atoms with E-state index in [1.165, 1.54) is 6.20 Å². The lowest BCUT2D eigenvalue weighted by Crippen LogP contribution is -1.96. The Morgan fingerprint density at radius 3 is 2.80 bits per heavy atom. The van der Waals surface area contributed by atoms with Gasteiger partial charge in [-0.3, -0.25) is 5.10 Å². The maximum atomic E-state index is 10.8. The molecule has 0 bridgehead atoms. The van der Waals surface area contributed by atoms with Gasteiger partial charge in [0.25, 0.3) is 0 Å². The molecule has 6 heteroatoms. The van der Waals surface area contributed by atoms with E-state index in [0.29, 0.717) is 11.5 Å². The minimum atomic E-state index is -1.06. The van der Waals surface area contributed by atoms with Crippen molar-refractivity contribution in [3.05, 3.63) is 23.2 Å². The van der Waals surface area contributed by atoms with Crippen molar-refractivity contribution < 1.29 is 14.3 Å². The largest absolute Gasteiger partial charge is 0.478 e. The van der Waals surface area contributed by atoms with E-state index in [2.05, 4.69) is 15.2 Å². The maximum absolute atomic E-state index is 10.8. The third kappa shape index (κ3) is 1.50. The van der Waals surface area contributed by atoms with Crippen molar-refractivity contribution in [2.45, 2.75) is 13.8 Å². The molecule has 0 aromatic carbocycles. The Kier molecular flexibility index (Phi) is 2.03. The molecule has 2 heterocycles. The summed E-state index contributed by atoms with van der Waals surface area (Å²) in [6.45, 7) is 3.56. The normalized spacial score (nSPS) is 10.5. The number of aromatic amines is 1. The number of nitrogens with zero attached hydrogens (tertiary/aromatic N) is 2. The first-order chi connectivity index (χ1) is 7.09. The zero-order valence-corrected chi connectivity index (χ0v) is 8.24. The highest BCUT2D eigenvalue weighted by molar-refractivity contribution is 5.93. The number of carboxylic acids is 1. The number of carbonyl (C=O) groups is 1. The summed E-state index contributed by atoms with van der Waals surface area (Å²) in [7, 11) is 0.